The van der Waals surface area contributed by atoms with E-state index in [1.165, 1.54) is 5.41 Å². The van der Waals surface area contributed by atoms with Crippen molar-refractivity contribution >= 4 is 15.4 Å². The molecule has 3 aromatic carbocycles. The number of rotatable bonds is 4. The molecule has 4 nitrogen and oxygen atoms in total. The van der Waals surface area contributed by atoms with Crippen LogP contribution in [0.1, 0.15) is 11.1 Å². The van der Waals surface area contributed by atoms with Crippen LogP contribution in [0.25, 0.3) is 5.57 Å². The van der Waals surface area contributed by atoms with Gasteiger partial charge in [-0.2, -0.15) is 0 Å². The van der Waals surface area contributed by atoms with E-state index in [0.29, 0.717) is 17.1 Å². The monoisotopic (exact) mass is 364 g/mol. The van der Waals surface area contributed by atoms with Crippen LogP contribution in [-0.4, -0.2) is 15.2 Å². The molecule has 0 unspecified atom stereocenters. The molecule has 0 aromatic heterocycles. The van der Waals surface area contributed by atoms with Gasteiger partial charge in [-0.3, -0.25) is 0 Å². The summed E-state index contributed by atoms with van der Waals surface area (Å²) in [6.45, 7) is 0.172. The Balaban J connectivity index is 1.87. The second kappa shape index (κ2) is 6.69. The van der Waals surface area contributed by atoms with Crippen molar-refractivity contribution in [1.82, 2.24) is 0 Å². The van der Waals surface area contributed by atoms with Crippen molar-refractivity contribution in [3.63, 3.8) is 0 Å². The van der Waals surface area contributed by atoms with Gasteiger partial charge in [0, 0.05) is 11.0 Å². The average Bonchev–Trinajstić information content (AvgIpc) is 3.15. The summed E-state index contributed by atoms with van der Waals surface area (Å²) in [6.07, 6.45) is 0. The number of benzene rings is 3. The highest BCUT2D eigenvalue weighted by atomic mass is 32.2. The summed E-state index contributed by atoms with van der Waals surface area (Å²) in [4.78, 5) is 0.258. The average molecular weight is 364 g/mol. The number of ether oxygens (including phenoxy) is 2. The lowest BCUT2D eigenvalue weighted by Crippen LogP contribution is -1.99. The van der Waals surface area contributed by atoms with Crippen LogP contribution in [0.2, 0.25) is 0 Å². The highest BCUT2D eigenvalue weighted by Gasteiger charge is 2.18. The van der Waals surface area contributed by atoms with Crippen LogP contribution >= 0.6 is 0 Å². The van der Waals surface area contributed by atoms with Crippen LogP contribution in [0, 0.1) is 0 Å². The summed E-state index contributed by atoms with van der Waals surface area (Å²) in [5, 5.41) is 1.31. The molecule has 130 valence electrons. The Morgan fingerprint density at radius 3 is 2.15 bits per heavy atom. The van der Waals surface area contributed by atoms with Crippen LogP contribution in [0.5, 0.6) is 11.5 Å². The van der Waals surface area contributed by atoms with Gasteiger partial charge in [-0.05, 0) is 35.4 Å². The lowest BCUT2D eigenvalue weighted by atomic mass is 9.99. The van der Waals surface area contributed by atoms with Crippen molar-refractivity contribution in [3.8, 4) is 11.5 Å². The largest absolute Gasteiger partial charge is 0.454 e. The quantitative estimate of drug-likeness (QED) is 0.693. The Kier molecular flexibility index (Phi) is 4.22. The summed E-state index contributed by atoms with van der Waals surface area (Å²) in [6, 6.07) is 23.3. The van der Waals surface area contributed by atoms with Crippen LogP contribution in [0.15, 0.2) is 89.2 Å². The molecule has 1 heterocycles. The lowest BCUT2D eigenvalue weighted by molar-refractivity contribution is 0.174. The molecule has 0 aliphatic carbocycles. The van der Waals surface area contributed by atoms with Crippen molar-refractivity contribution in [2.24, 2.45) is 0 Å². The Labute approximate surface area is 152 Å². The number of sulfone groups is 1. The van der Waals surface area contributed by atoms with Gasteiger partial charge in [0.15, 0.2) is 21.3 Å². The van der Waals surface area contributed by atoms with E-state index in [1.807, 2.05) is 42.5 Å². The van der Waals surface area contributed by atoms with Crippen molar-refractivity contribution in [2.75, 3.05) is 6.79 Å². The molecule has 5 heteroatoms. The van der Waals surface area contributed by atoms with Gasteiger partial charge in [0.1, 0.15) is 0 Å². The van der Waals surface area contributed by atoms with Crippen molar-refractivity contribution in [1.29, 1.82) is 0 Å². The fourth-order valence-corrected chi connectivity index (χ4v) is 4.07. The highest BCUT2D eigenvalue weighted by Crippen LogP contribution is 2.36. The Morgan fingerprint density at radius 1 is 0.769 bits per heavy atom. The van der Waals surface area contributed by atoms with Crippen LogP contribution < -0.4 is 9.47 Å². The molecule has 0 radical (unpaired) electrons. The standard InChI is InChI=1S/C21H16O4S/c22-26(23,18-9-5-2-6-10-18)14-19(16-7-3-1-4-8-16)17-11-12-20-21(13-17)25-15-24-20/h1-14H,15H2/b19-14+. The third-order valence-corrected chi connectivity index (χ3v) is 5.59. The van der Waals surface area contributed by atoms with Gasteiger partial charge in [-0.25, -0.2) is 8.42 Å². The zero-order valence-electron chi connectivity index (χ0n) is 13.8. The van der Waals surface area contributed by atoms with E-state index in [0.717, 1.165) is 11.1 Å². The maximum atomic E-state index is 12.9. The maximum absolute atomic E-state index is 12.9. The summed E-state index contributed by atoms with van der Waals surface area (Å²) in [7, 11) is -3.60. The molecule has 0 bridgehead atoms. The van der Waals surface area contributed by atoms with Crippen LogP contribution in [0.3, 0.4) is 0 Å². The summed E-state index contributed by atoms with van der Waals surface area (Å²) in [5.41, 5.74) is 2.17. The molecule has 0 fully saturated rings. The smallest absolute Gasteiger partial charge is 0.231 e. The first-order chi connectivity index (χ1) is 12.6. The minimum Gasteiger partial charge on any atom is -0.454 e. The fourth-order valence-electron chi connectivity index (χ4n) is 2.82. The third kappa shape index (κ3) is 3.21. The molecule has 0 saturated carbocycles. The summed E-state index contributed by atoms with van der Waals surface area (Å²) >= 11 is 0. The van der Waals surface area contributed by atoms with Crippen LogP contribution in [0.4, 0.5) is 0 Å². The maximum Gasteiger partial charge on any atom is 0.231 e. The summed E-state index contributed by atoms with van der Waals surface area (Å²) < 4.78 is 36.6. The van der Waals surface area contributed by atoms with E-state index in [4.69, 9.17) is 9.47 Å². The highest BCUT2D eigenvalue weighted by molar-refractivity contribution is 7.94. The van der Waals surface area contributed by atoms with Gasteiger partial charge >= 0.3 is 0 Å². The third-order valence-electron chi connectivity index (χ3n) is 4.11. The molecule has 4 rings (SSSR count). The zero-order chi connectivity index (χ0) is 18.0. The Bertz CT molecular complexity index is 1060. The first-order valence-corrected chi connectivity index (χ1v) is 9.65. The van der Waals surface area contributed by atoms with E-state index in [1.54, 1.807) is 36.4 Å². The predicted molar refractivity (Wildman–Crippen MR) is 99.7 cm³/mol. The number of hydrogen-bond acceptors (Lipinski definition) is 4. The van der Waals surface area contributed by atoms with Crippen LogP contribution in [-0.2, 0) is 9.84 Å². The van der Waals surface area contributed by atoms with Crippen molar-refractivity contribution < 1.29 is 17.9 Å². The fraction of sp³-hybridized carbons (Fsp3) is 0.0476. The normalized spacial score (nSPS) is 13.6. The molecule has 0 spiro atoms. The van der Waals surface area contributed by atoms with Crippen molar-refractivity contribution in [3.05, 3.63) is 95.4 Å². The molecule has 1 aliphatic rings. The molecule has 0 N–H and O–H groups in total. The van der Waals surface area contributed by atoms with Gasteiger partial charge < -0.3 is 9.47 Å². The van der Waals surface area contributed by atoms with E-state index >= 15 is 0 Å². The molecular formula is C21H16O4S. The molecule has 1 aliphatic heterocycles. The number of fused-ring (bicyclic) bond motifs is 1. The molecule has 3 aromatic rings. The molecule has 0 atom stereocenters. The first kappa shape index (κ1) is 16.4. The Morgan fingerprint density at radius 2 is 1.42 bits per heavy atom. The van der Waals surface area contributed by atoms with E-state index in [2.05, 4.69) is 0 Å². The molecular weight excluding hydrogens is 348 g/mol. The molecule has 26 heavy (non-hydrogen) atoms. The predicted octanol–water partition coefficient (Wildman–Crippen LogP) is 4.28. The Hall–Kier alpha value is -3.05. The second-order valence-corrected chi connectivity index (χ2v) is 7.62. The number of hydrogen-bond donors (Lipinski definition) is 0. The van der Waals surface area contributed by atoms with Gasteiger partial charge in [-0.1, -0.05) is 54.6 Å². The molecule has 0 saturated heterocycles. The van der Waals surface area contributed by atoms with Gasteiger partial charge in [0.2, 0.25) is 6.79 Å². The van der Waals surface area contributed by atoms with Gasteiger partial charge in [0.25, 0.3) is 0 Å². The lowest BCUT2D eigenvalue weighted by Gasteiger charge is -2.10. The topological polar surface area (TPSA) is 52.6 Å². The van der Waals surface area contributed by atoms with E-state index in [9.17, 15) is 8.42 Å². The SMILES string of the molecule is O=S(=O)(/C=C(\c1ccccc1)c1ccc2c(c1)OCO2)c1ccccc1. The van der Waals surface area contributed by atoms with Gasteiger partial charge in [-0.15, -0.1) is 0 Å². The zero-order valence-corrected chi connectivity index (χ0v) is 14.6. The van der Waals surface area contributed by atoms with Gasteiger partial charge in [0.05, 0.1) is 4.90 Å². The molecule has 0 amide bonds. The first-order valence-electron chi connectivity index (χ1n) is 8.11. The second-order valence-electron chi connectivity index (χ2n) is 5.82. The minimum absolute atomic E-state index is 0.172. The summed E-state index contributed by atoms with van der Waals surface area (Å²) in [5.74, 6) is 1.27. The van der Waals surface area contributed by atoms with Crippen molar-refractivity contribution in [2.45, 2.75) is 4.90 Å². The minimum atomic E-state index is -3.60. The van der Waals surface area contributed by atoms with E-state index < -0.39 is 9.84 Å². The van der Waals surface area contributed by atoms with E-state index in [-0.39, 0.29) is 11.7 Å².